The summed E-state index contributed by atoms with van der Waals surface area (Å²) in [6, 6.07) is 13.2. The van der Waals surface area contributed by atoms with Crippen LogP contribution in [-0.2, 0) is 0 Å². The fourth-order valence-electron chi connectivity index (χ4n) is 3.12. The van der Waals surface area contributed by atoms with Crippen molar-refractivity contribution in [3.8, 4) is 6.07 Å². The highest BCUT2D eigenvalue weighted by Gasteiger charge is 2.20. The Balaban J connectivity index is 1.94. The van der Waals surface area contributed by atoms with E-state index in [1.54, 1.807) is 18.2 Å². The number of halogens is 2. The van der Waals surface area contributed by atoms with Crippen molar-refractivity contribution in [1.82, 2.24) is 9.97 Å². The predicted octanol–water partition coefficient (Wildman–Crippen LogP) is 6.28. The van der Waals surface area contributed by atoms with E-state index in [2.05, 4.69) is 26.7 Å². The van der Waals surface area contributed by atoms with Gasteiger partial charge < -0.3 is 16.4 Å². The molecular weight excluding hydrogens is 431 g/mol. The molecule has 3 aromatic rings. The maximum absolute atomic E-state index is 9.78. The number of aryl methyl sites for hydroxylation is 1. The standard InChI is InChI=1S/C23H24Cl2N6/c1-13-9-16(17(11-26)14-5-7-15(24)8-6-14)18(25)10-19(13)30-21-20(27)22(29-12-28-21)31-23(2,3)4/h5-10,12,17H,27H2,1-4H3,(H2,28,29,30,31). The van der Waals surface area contributed by atoms with Crippen molar-refractivity contribution in [3.63, 3.8) is 0 Å². The molecule has 8 heteroatoms. The Labute approximate surface area is 192 Å². The van der Waals surface area contributed by atoms with E-state index >= 15 is 0 Å². The monoisotopic (exact) mass is 454 g/mol. The molecule has 1 heterocycles. The second-order valence-electron chi connectivity index (χ2n) is 8.29. The third kappa shape index (κ3) is 5.38. The first-order valence-corrected chi connectivity index (χ1v) is 10.5. The molecule has 4 N–H and O–H groups in total. The van der Waals surface area contributed by atoms with Crippen molar-refractivity contribution < 1.29 is 0 Å². The zero-order chi connectivity index (χ0) is 22.8. The number of nitrogen functional groups attached to an aromatic ring is 1. The van der Waals surface area contributed by atoms with Crippen LogP contribution < -0.4 is 16.4 Å². The van der Waals surface area contributed by atoms with Crippen LogP contribution in [0.15, 0.2) is 42.7 Å². The molecule has 0 bridgehead atoms. The van der Waals surface area contributed by atoms with Gasteiger partial charge >= 0.3 is 0 Å². The minimum Gasteiger partial charge on any atom is -0.393 e. The Kier molecular flexibility index (Phi) is 6.59. The molecule has 1 unspecified atom stereocenters. The van der Waals surface area contributed by atoms with Gasteiger partial charge in [-0.2, -0.15) is 5.26 Å². The number of anilines is 4. The van der Waals surface area contributed by atoms with E-state index in [1.807, 2.05) is 45.9 Å². The van der Waals surface area contributed by atoms with Gasteiger partial charge in [0.25, 0.3) is 0 Å². The summed E-state index contributed by atoms with van der Waals surface area (Å²) in [6.07, 6.45) is 1.45. The molecule has 160 valence electrons. The summed E-state index contributed by atoms with van der Waals surface area (Å²) >= 11 is 12.6. The SMILES string of the molecule is Cc1cc(C(C#N)c2ccc(Cl)cc2)c(Cl)cc1Nc1ncnc(NC(C)(C)C)c1N. The molecule has 0 amide bonds. The molecule has 0 aliphatic carbocycles. The van der Waals surface area contributed by atoms with Crippen LogP contribution in [0.4, 0.5) is 23.0 Å². The molecule has 1 atom stereocenters. The molecule has 0 saturated heterocycles. The van der Waals surface area contributed by atoms with E-state index < -0.39 is 5.92 Å². The Morgan fingerprint density at radius 3 is 2.32 bits per heavy atom. The summed E-state index contributed by atoms with van der Waals surface area (Å²) in [6.45, 7) is 8.01. The molecule has 0 spiro atoms. The van der Waals surface area contributed by atoms with E-state index in [4.69, 9.17) is 28.9 Å². The van der Waals surface area contributed by atoms with Gasteiger partial charge in [-0.3, -0.25) is 0 Å². The van der Waals surface area contributed by atoms with Crippen LogP contribution in [-0.4, -0.2) is 15.5 Å². The van der Waals surface area contributed by atoms with Gasteiger partial charge in [0.05, 0.1) is 12.0 Å². The molecular formula is C23H24Cl2N6. The van der Waals surface area contributed by atoms with Crippen LogP contribution in [0.5, 0.6) is 0 Å². The summed E-state index contributed by atoms with van der Waals surface area (Å²) < 4.78 is 0. The first-order valence-electron chi connectivity index (χ1n) is 9.70. The Bertz CT molecular complexity index is 1130. The second kappa shape index (κ2) is 9.01. The van der Waals surface area contributed by atoms with Crippen LogP contribution in [0.3, 0.4) is 0 Å². The molecule has 3 rings (SSSR count). The molecule has 0 aliphatic rings. The van der Waals surface area contributed by atoms with Gasteiger partial charge in [-0.05, 0) is 62.6 Å². The fourth-order valence-corrected chi connectivity index (χ4v) is 3.51. The lowest BCUT2D eigenvalue weighted by Crippen LogP contribution is -2.27. The predicted molar refractivity (Wildman–Crippen MR) is 128 cm³/mol. The molecule has 31 heavy (non-hydrogen) atoms. The van der Waals surface area contributed by atoms with Gasteiger partial charge in [0, 0.05) is 21.3 Å². The second-order valence-corrected chi connectivity index (χ2v) is 9.13. The summed E-state index contributed by atoms with van der Waals surface area (Å²) in [5.74, 6) is 0.519. The quantitative estimate of drug-likeness (QED) is 0.419. The lowest BCUT2D eigenvalue weighted by Gasteiger charge is -2.23. The highest BCUT2D eigenvalue weighted by molar-refractivity contribution is 6.32. The number of rotatable bonds is 5. The van der Waals surface area contributed by atoms with Gasteiger partial charge in [0.15, 0.2) is 11.6 Å². The highest BCUT2D eigenvalue weighted by Crippen LogP contribution is 2.36. The van der Waals surface area contributed by atoms with E-state index in [1.165, 1.54) is 6.33 Å². The largest absolute Gasteiger partial charge is 0.393 e. The normalized spacial score (nSPS) is 12.2. The Hall–Kier alpha value is -3.01. The number of hydrogen-bond acceptors (Lipinski definition) is 6. The summed E-state index contributed by atoms with van der Waals surface area (Å²) in [5, 5.41) is 17.4. The Morgan fingerprint density at radius 2 is 1.71 bits per heavy atom. The number of nitrogens with two attached hydrogens (primary N) is 1. The topological polar surface area (TPSA) is 99.6 Å². The van der Waals surface area contributed by atoms with Crippen LogP contribution in [0, 0.1) is 18.3 Å². The number of hydrogen-bond donors (Lipinski definition) is 3. The zero-order valence-electron chi connectivity index (χ0n) is 17.8. The molecule has 2 aromatic carbocycles. The minimum absolute atomic E-state index is 0.200. The highest BCUT2D eigenvalue weighted by atomic mass is 35.5. The van der Waals surface area contributed by atoms with E-state index in [0.717, 1.165) is 22.4 Å². The third-order valence-electron chi connectivity index (χ3n) is 4.62. The molecule has 0 fully saturated rings. The number of benzene rings is 2. The summed E-state index contributed by atoms with van der Waals surface area (Å²) in [4.78, 5) is 8.50. The van der Waals surface area contributed by atoms with Crippen LogP contribution in [0.1, 0.15) is 43.4 Å². The van der Waals surface area contributed by atoms with Crippen molar-refractivity contribution >= 4 is 46.2 Å². The van der Waals surface area contributed by atoms with Gasteiger partial charge in [-0.15, -0.1) is 0 Å². The van der Waals surface area contributed by atoms with Gasteiger partial charge in [-0.1, -0.05) is 41.4 Å². The van der Waals surface area contributed by atoms with Crippen LogP contribution in [0.2, 0.25) is 10.0 Å². The average Bonchev–Trinajstić information content (AvgIpc) is 2.69. The Morgan fingerprint density at radius 1 is 1.06 bits per heavy atom. The maximum Gasteiger partial charge on any atom is 0.159 e. The first-order chi connectivity index (χ1) is 14.6. The van der Waals surface area contributed by atoms with Crippen LogP contribution >= 0.6 is 23.2 Å². The van der Waals surface area contributed by atoms with Crippen molar-refractivity contribution in [1.29, 1.82) is 5.26 Å². The third-order valence-corrected chi connectivity index (χ3v) is 5.20. The zero-order valence-corrected chi connectivity index (χ0v) is 19.3. The van der Waals surface area contributed by atoms with E-state index in [-0.39, 0.29) is 5.54 Å². The average molecular weight is 455 g/mol. The van der Waals surface area contributed by atoms with Crippen molar-refractivity contribution in [2.75, 3.05) is 16.4 Å². The first kappa shape index (κ1) is 22.7. The molecule has 6 nitrogen and oxygen atoms in total. The molecule has 1 aromatic heterocycles. The maximum atomic E-state index is 9.78. The molecule has 0 radical (unpaired) electrons. The number of nitriles is 1. The lowest BCUT2D eigenvalue weighted by atomic mass is 9.91. The lowest BCUT2D eigenvalue weighted by molar-refractivity contribution is 0.630. The fraction of sp³-hybridized carbons (Fsp3) is 0.261. The van der Waals surface area contributed by atoms with Gasteiger partial charge in [0.2, 0.25) is 0 Å². The van der Waals surface area contributed by atoms with Crippen molar-refractivity contribution in [3.05, 3.63) is 69.5 Å². The van der Waals surface area contributed by atoms with Crippen molar-refractivity contribution in [2.24, 2.45) is 0 Å². The smallest absolute Gasteiger partial charge is 0.159 e. The summed E-state index contributed by atoms with van der Waals surface area (Å²) in [7, 11) is 0. The van der Waals surface area contributed by atoms with E-state index in [0.29, 0.717) is 27.4 Å². The van der Waals surface area contributed by atoms with E-state index in [9.17, 15) is 5.26 Å². The van der Waals surface area contributed by atoms with Gasteiger partial charge in [-0.25, -0.2) is 9.97 Å². The molecule has 0 saturated carbocycles. The number of aromatic nitrogens is 2. The minimum atomic E-state index is -0.510. The summed E-state index contributed by atoms with van der Waals surface area (Å²) in [5.41, 5.74) is 9.68. The van der Waals surface area contributed by atoms with Crippen LogP contribution in [0.25, 0.3) is 0 Å². The number of nitrogens with one attached hydrogen (secondary N) is 2. The van der Waals surface area contributed by atoms with Crippen molar-refractivity contribution in [2.45, 2.75) is 39.2 Å². The molecule has 0 aliphatic heterocycles. The number of nitrogens with zero attached hydrogens (tertiary/aromatic N) is 3. The van der Waals surface area contributed by atoms with Gasteiger partial charge in [0.1, 0.15) is 12.0 Å².